The van der Waals surface area contributed by atoms with Crippen LogP contribution in [-0.4, -0.2) is 70.8 Å². The lowest BCUT2D eigenvalue weighted by molar-refractivity contribution is -0.135. The monoisotopic (exact) mass is 496 g/mol. The van der Waals surface area contributed by atoms with Crippen molar-refractivity contribution >= 4 is 46.1 Å². The number of amides is 2. The molecule has 1 aromatic heterocycles. The number of benzene rings is 2. The van der Waals surface area contributed by atoms with Crippen molar-refractivity contribution in [3.63, 3.8) is 0 Å². The average Bonchev–Trinajstić information content (AvgIpc) is 2.87. The van der Waals surface area contributed by atoms with Crippen LogP contribution in [-0.2, 0) is 11.3 Å². The molecule has 1 saturated heterocycles. The van der Waals surface area contributed by atoms with Crippen molar-refractivity contribution in [2.24, 2.45) is 0 Å². The predicted octanol–water partition coefficient (Wildman–Crippen LogP) is 4.08. The summed E-state index contributed by atoms with van der Waals surface area (Å²) in [5.74, 6) is 0.445. The van der Waals surface area contributed by atoms with Crippen LogP contribution in [0, 0.1) is 0 Å². The van der Waals surface area contributed by atoms with Gasteiger partial charge in [0.25, 0.3) is 5.91 Å². The van der Waals surface area contributed by atoms with Crippen LogP contribution in [0.3, 0.4) is 0 Å². The Kier molecular flexibility index (Phi) is 8.43. The van der Waals surface area contributed by atoms with Crippen LogP contribution in [0.25, 0.3) is 10.9 Å². The molecule has 0 spiro atoms. The molecule has 0 saturated carbocycles. The quantitative estimate of drug-likeness (QED) is 0.509. The van der Waals surface area contributed by atoms with Crippen LogP contribution in [0.1, 0.15) is 22.3 Å². The summed E-state index contributed by atoms with van der Waals surface area (Å²) in [6, 6.07) is 16.6. The van der Waals surface area contributed by atoms with Crippen molar-refractivity contribution in [2.45, 2.75) is 19.0 Å². The third kappa shape index (κ3) is 5.90. The number of thioether (sulfide) groups is 1. The van der Waals surface area contributed by atoms with Gasteiger partial charge in [-0.2, -0.15) is 11.8 Å². The second-order valence-electron chi connectivity index (χ2n) is 8.38. The highest BCUT2D eigenvalue weighted by Gasteiger charge is 2.29. The second kappa shape index (κ2) is 11.7. The van der Waals surface area contributed by atoms with Gasteiger partial charge in [-0.15, -0.1) is 0 Å². The highest BCUT2D eigenvalue weighted by Crippen LogP contribution is 2.19. The first-order valence-corrected chi connectivity index (χ1v) is 13.2. The number of aromatic nitrogens is 1. The summed E-state index contributed by atoms with van der Waals surface area (Å²) < 4.78 is 0. The highest BCUT2D eigenvalue weighted by molar-refractivity contribution is 7.98. The van der Waals surface area contributed by atoms with Crippen LogP contribution in [0.2, 0.25) is 5.02 Å². The number of fused-ring (bicyclic) bond motifs is 1. The third-order valence-electron chi connectivity index (χ3n) is 6.13. The lowest BCUT2D eigenvalue weighted by atomic mass is 10.1. The Bertz CT molecular complexity index is 1150. The zero-order valence-corrected chi connectivity index (χ0v) is 20.8. The van der Waals surface area contributed by atoms with E-state index in [1.54, 1.807) is 36.0 Å². The molecule has 178 valence electrons. The van der Waals surface area contributed by atoms with E-state index in [1.165, 1.54) is 5.56 Å². The van der Waals surface area contributed by atoms with E-state index in [4.69, 9.17) is 11.6 Å². The summed E-state index contributed by atoms with van der Waals surface area (Å²) >= 11 is 7.84. The SMILES string of the molecule is CSCCC(NC(=O)c1ccccc1Cl)C(=O)N1CCN(Cc2cccc3cccnc23)CC1. The fourth-order valence-electron chi connectivity index (χ4n) is 4.26. The third-order valence-corrected chi connectivity index (χ3v) is 7.10. The largest absolute Gasteiger partial charge is 0.340 e. The zero-order chi connectivity index (χ0) is 23.9. The van der Waals surface area contributed by atoms with E-state index in [-0.39, 0.29) is 11.8 Å². The molecule has 2 aromatic carbocycles. The summed E-state index contributed by atoms with van der Waals surface area (Å²) in [5, 5.41) is 4.45. The lowest BCUT2D eigenvalue weighted by Crippen LogP contribution is -2.55. The zero-order valence-electron chi connectivity index (χ0n) is 19.2. The number of rotatable bonds is 8. The Morgan fingerprint density at radius 3 is 2.59 bits per heavy atom. The number of nitrogens with one attached hydrogen (secondary N) is 1. The molecule has 2 amide bonds. The van der Waals surface area contributed by atoms with E-state index in [0.29, 0.717) is 30.1 Å². The normalized spacial score (nSPS) is 15.3. The van der Waals surface area contributed by atoms with Gasteiger partial charge in [0.2, 0.25) is 5.91 Å². The smallest absolute Gasteiger partial charge is 0.253 e. The molecule has 8 heteroatoms. The molecule has 6 nitrogen and oxygen atoms in total. The topological polar surface area (TPSA) is 65.5 Å². The van der Waals surface area contributed by atoms with Gasteiger partial charge in [-0.05, 0) is 42.2 Å². The van der Waals surface area contributed by atoms with E-state index in [0.717, 1.165) is 36.3 Å². The van der Waals surface area contributed by atoms with Crippen molar-refractivity contribution in [1.82, 2.24) is 20.1 Å². The Labute approximate surface area is 209 Å². The van der Waals surface area contributed by atoms with Gasteiger partial charge in [0.15, 0.2) is 0 Å². The average molecular weight is 497 g/mol. The minimum Gasteiger partial charge on any atom is -0.340 e. The summed E-state index contributed by atoms with van der Waals surface area (Å²) in [7, 11) is 0. The van der Waals surface area contributed by atoms with Crippen molar-refractivity contribution in [1.29, 1.82) is 0 Å². The van der Waals surface area contributed by atoms with Crippen LogP contribution >= 0.6 is 23.4 Å². The van der Waals surface area contributed by atoms with Gasteiger partial charge in [-0.3, -0.25) is 19.5 Å². The van der Waals surface area contributed by atoms with Crippen molar-refractivity contribution < 1.29 is 9.59 Å². The maximum Gasteiger partial charge on any atom is 0.253 e. The standard InChI is InChI=1S/C26H29ClN4O2S/c1-34-17-11-23(29-25(32)21-9-2-3-10-22(21)27)26(33)31-15-13-30(14-16-31)18-20-7-4-6-19-8-5-12-28-24(19)20/h2-10,12,23H,11,13-18H2,1H3,(H,29,32). The second-order valence-corrected chi connectivity index (χ2v) is 9.77. The molecule has 0 bridgehead atoms. The van der Waals surface area contributed by atoms with Crippen LogP contribution in [0.5, 0.6) is 0 Å². The highest BCUT2D eigenvalue weighted by atomic mass is 35.5. The number of nitrogens with zero attached hydrogens (tertiary/aromatic N) is 3. The first kappa shape index (κ1) is 24.5. The molecule has 0 aliphatic carbocycles. The van der Waals surface area contributed by atoms with E-state index in [1.807, 2.05) is 23.4 Å². The van der Waals surface area contributed by atoms with Crippen molar-refractivity contribution in [3.05, 3.63) is 76.9 Å². The first-order chi connectivity index (χ1) is 16.6. The minimum absolute atomic E-state index is 0.0269. The number of carbonyl (C=O) groups excluding carboxylic acids is 2. The summed E-state index contributed by atoms with van der Waals surface area (Å²) in [5.41, 5.74) is 2.62. The van der Waals surface area contributed by atoms with Gasteiger partial charge in [-0.25, -0.2) is 0 Å². The van der Waals surface area contributed by atoms with Crippen LogP contribution in [0.15, 0.2) is 60.8 Å². The number of para-hydroxylation sites is 1. The maximum absolute atomic E-state index is 13.3. The van der Waals surface area contributed by atoms with E-state index < -0.39 is 6.04 Å². The first-order valence-electron chi connectivity index (χ1n) is 11.4. The molecular weight excluding hydrogens is 468 g/mol. The molecule has 1 aliphatic heterocycles. The Morgan fingerprint density at radius 2 is 1.82 bits per heavy atom. The Hall–Kier alpha value is -2.61. The molecule has 1 atom stereocenters. The number of hydrogen-bond acceptors (Lipinski definition) is 5. The van der Waals surface area contributed by atoms with Crippen LogP contribution in [0.4, 0.5) is 0 Å². The minimum atomic E-state index is -0.565. The van der Waals surface area contributed by atoms with Crippen LogP contribution < -0.4 is 5.32 Å². The molecule has 3 aromatic rings. The summed E-state index contributed by atoms with van der Waals surface area (Å²) in [6.45, 7) is 3.63. The molecule has 34 heavy (non-hydrogen) atoms. The number of halogens is 1. The molecule has 2 heterocycles. The van der Waals surface area contributed by atoms with Crippen molar-refractivity contribution in [2.75, 3.05) is 38.2 Å². The molecular formula is C26H29ClN4O2S. The van der Waals surface area contributed by atoms with Gasteiger partial charge in [0.1, 0.15) is 6.04 Å². The van der Waals surface area contributed by atoms with E-state index >= 15 is 0 Å². The molecule has 1 N–H and O–H groups in total. The number of piperazine rings is 1. The predicted molar refractivity (Wildman–Crippen MR) is 139 cm³/mol. The maximum atomic E-state index is 13.3. The number of hydrogen-bond donors (Lipinski definition) is 1. The number of carbonyl (C=O) groups is 2. The van der Waals surface area contributed by atoms with Gasteiger partial charge in [-0.1, -0.05) is 48.0 Å². The molecule has 0 radical (unpaired) electrons. The molecule has 4 rings (SSSR count). The number of pyridine rings is 1. The molecule has 1 unspecified atom stereocenters. The van der Waals surface area contributed by atoms with Crippen molar-refractivity contribution in [3.8, 4) is 0 Å². The van der Waals surface area contributed by atoms with E-state index in [2.05, 4.69) is 39.5 Å². The van der Waals surface area contributed by atoms with Gasteiger partial charge >= 0.3 is 0 Å². The Balaban J connectivity index is 1.37. The van der Waals surface area contributed by atoms with Gasteiger partial charge < -0.3 is 10.2 Å². The fourth-order valence-corrected chi connectivity index (χ4v) is 4.95. The van der Waals surface area contributed by atoms with Gasteiger partial charge in [0.05, 0.1) is 16.1 Å². The van der Waals surface area contributed by atoms with E-state index in [9.17, 15) is 9.59 Å². The molecule has 1 aliphatic rings. The Morgan fingerprint density at radius 1 is 1.06 bits per heavy atom. The van der Waals surface area contributed by atoms with Gasteiger partial charge in [0, 0.05) is 44.3 Å². The summed E-state index contributed by atoms with van der Waals surface area (Å²) in [6.07, 6.45) is 4.41. The fraction of sp³-hybridized carbons (Fsp3) is 0.346. The molecule has 1 fully saturated rings. The lowest BCUT2D eigenvalue weighted by Gasteiger charge is -2.36. The summed E-state index contributed by atoms with van der Waals surface area (Å²) in [4.78, 5) is 34.9.